The molecule has 1 aromatic rings. The van der Waals surface area contributed by atoms with Gasteiger partial charge in [-0.05, 0) is 39.3 Å². The molecule has 0 saturated carbocycles. The van der Waals surface area contributed by atoms with Crippen molar-refractivity contribution in [2.75, 3.05) is 13.7 Å². The van der Waals surface area contributed by atoms with Crippen LogP contribution in [-0.2, 0) is 6.54 Å². The predicted molar refractivity (Wildman–Crippen MR) is 79.9 cm³/mol. The molecule has 0 fully saturated rings. The number of nitriles is 1. The third kappa shape index (κ3) is 5.50. The minimum atomic E-state index is 0.112. The summed E-state index contributed by atoms with van der Waals surface area (Å²) in [7, 11) is 1.65. The molecule has 0 aliphatic carbocycles. The van der Waals surface area contributed by atoms with Crippen LogP contribution in [0.5, 0.6) is 11.5 Å². The molecule has 0 radical (unpaired) electrons. The second kappa shape index (κ2) is 9.22. The van der Waals surface area contributed by atoms with Crippen LogP contribution in [-0.4, -0.2) is 19.8 Å². The Morgan fingerprint density at radius 2 is 2.10 bits per heavy atom. The van der Waals surface area contributed by atoms with Gasteiger partial charge in [0.15, 0.2) is 11.5 Å². The van der Waals surface area contributed by atoms with Crippen molar-refractivity contribution >= 4 is 0 Å². The van der Waals surface area contributed by atoms with Gasteiger partial charge in [0, 0.05) is 18.5 Å². The molecule has 0 spiro atoms. The Morgan fingerprint density at radius 1 is 1.30 bits per heavy atom. The molecule has 0 heterocycles. The van der Waals surface area contributed by atoms with Gasteiger partial charge in [-0.3, -0.25) is 0 Å². The molecule has 4 nitrogen and oxygen atoms in total. The molecule has 0 aromatic heterocycles. The summed E-state index contributed by atoms with van der Waals surface area (Å²) in [4.78, 5) is 0. The van der Waals surface area contributed by atoms with Crippen molar-refractivity contribution in [1.29, 1.82) is 5.26 Å². The number of rotatable bonds is 9. The molecule has 20 heavy (non-hydrogen) atoms. The number of unbranched alkanes of at least 4 members (excludes halogenated alkanes) is 2. The predicted octanol–water partition coefficient (Wildman–Crippen LogP) is 3.27. The highest BCUT2D eigenvalue weighted by Crippen LogP contribution is 2.31. The van der Waals surface area contributed by atoms with Crippen molar-refractivity contribution < 1.29 is 9.47 Å². The summed E-state index contributed by atoms with van der Waals surface area (Å²) in [5, 5.41) is 11.9. The van der Waals surface area contributed by atoms with Crippen LogP contribution < -0.4 is 14.8 Å². The van der Waals surface area contributed by atoms with Crippen LogP contribution in [0, 0.1) is 11.3 Å². The van der Waals surface area contributed by atoms with E-state index in [2.05, 4.69) is 11.4 Å². The van der Waals surface area contributed by atoms with Crippen LogP contribution in [0.25, 0.3) is 0 Å². The maximum absolute atomic E-state index is 8.48. The van der Waals surface area contributed by atoms with Crippen molar-refractivity contribution in [3.05, 3.63) is 23.8 Å². The number of para-hydroxylation sites is 1. The lowest BCUT2D eigenvalue weighted by molar-refractivity contribution is 0.227. The van der Waals surface area contributed by atoms with E-state index in [1.165, 1.54) is 0 Å². The SMILES string of the molecule is COc1cccc(CNCCCCC#N)c1OC(C)C. The summed E-state index contributed by atoms with van der Waals surface area (Å²) in [6.45, 7) is 5.66. The van der Waals surface area contributed by atoms with E-state index in [4.69, 9.17) is 14.7 Å². The van der Waals surface area contributed by atoms with Gasteiger partial charge in [0.2, 0.25) is 0 Å². The highest BCUT2D eigenvalue weighted by molar-refractivity contribution is 5.46. The van der Waals surface area contributed by atoms with Gasteiger partial charge in [0.05, 0.1) is 19.3 Å². The highest BCUT2D eigenvalue weighted by atomic mass is 16.5. The molecular weight excluding hydrogens is 252 g/mol. The van der Waals surface area contributed by atoms with E-state index in [-0.39, 0.29) is 6.10 Å². The van der Waals surface area contributed by atoms with Crippen molar-refractivity contribution in [1.82, 2.24) is 5.32 Å². The van der Waals surface area contributed by atoms with Gasteiger partial charge in [0.25, 0.3) is 0 Å². The number of nitrogens with one attached hydrogen (secondary N) is 1. The molecule has 0 unspecified atom stereocenters. The summed E-state index contributed by atoms with van der Waals surface area (Å²) in [5.74, 6) is 1.58. The topological polar surface area (TPSA) is 54.3 Å². The first kappa shape index (κ1) is 16.3. The molecular formula is C16H24N2O2. The zero-order chi connectivity index (χ0) is 14.8. The van der Waals surface area contributed by atoms with Crippen LogP contribution in [0.1, 0.15) is 38.7 Å². The lowest BCUT2D eigenvalue weighted by atomic mass is 10.1. The Hall–Kier alpha value is -1.73. The first-order valence-corrected chi connectivity index (χ1v) is 7.09. The van der Waals surface area contributed by atoms with E-state index >= 15 is 0 Å². The number of nitrogens with zero attached hydrogens (tertiary/aromatic N) is 1. The van der Waals surface area contributed by atoms with Gasteiger partial charge in [-0.25, -0.2) is 0 Å². The van der Waals surface area contributed by atoms with Crippen LogP contribution in [0.4, 0.5) is 0 Å². The average molecular weight is 276 g/mol. The van der Waals surface area contributed by atoms with E-state index in [0.29, 0.717) is 6.42 Å². The van der Waals surface area contributed by atoms with E-state index in [0.717, 1.165) is 43.0 Å². The lowest BCUT2D eigenvalue weighted by Gasteiger charge is -2.17. The first-order valence-electron chi connectivity index (χ1n) is 7.09. The third-order valence-electron chi connectivity index (χ3n) is 2.84. The highest BCUT2D eigenvalue weighted by Gasteiger charge is 2.11. The van der Waals surface area contributed by atoms with E-state index < -0.39 is 0 Å². The molecule has 0 saturated heterocycles. The summed E-state index contributed by atoms with van der Waals surface area (Å²) in [5.41, 5.74) is 1.10. The van der Waals surface area contributed by atoms with Gasteiger partial charge >= 0.3 is 0 Å². The zero-order valence-electron chi connectivity index (χ0n) is 12.6. The molecule has 0 atom stereocenters. The fourth-order valence-corrected chi connectivity index (χ4v) is 1.91. The van der Waals surface area contributed by atoms with E-state index in [9.17, 15) is 0 Å². The Kier molecular flexibility index (Phi) is 7.52. The molecule has 110 valence electrons. The largest absolute Gasteiger partial charge is 0.493 e. The van der Waals surface area contributed by atoms with Crippen molar-refractivity contribution in [2.24, 2.45) is 0 Å². The molecule has 1 N–H and O–H groups in total. The maximum atomic E-state index is 8.48. The monoisotopic (exact) mass is 276 g/mol. The number of hydrogen-bond donors (Lipinski definition) is 1. The maximum Gasteiger partial charge on any atom is 0.166 e. The van der Waals surface area contributed by atoms with Gasteiger partial charge in [-0.1, -0.05) is 12.1 Å². The average Bonchev–Trinajstić information content (AvgIpc) is 2.43. The minimum absolute atomic E-state index is 0.112. The number of ether oxygens (including phenoxy) is 2. The summed E-state index contributed by atoms with van der Waals surface area (Å²) >= 11 is 0. The third-order valence-corrected chi connectivity index (χ3v) is 2.84. The van der Waals surface area contributed by atoms with Gasteiger partial charge in [0.1, 0.15) is 0 Å². The van der Waals surface area contributed by atoms with Crippen LogP contribution >= 0.6 is 0 Å². The fourth-order valence-electron chi connectivity index (χ4n) is 1.91. The van der Waals surface area contributed by atoms with Gasteiger partial charge < -0.3 is 14.8 Å². The molecule has 1 rings (SSSR count). The molecule has 0 bridgehead atoms. The lowest BCUT2D eigenvalue weighted by Crippen LogP contribution is -2.17. The van der Waals surface area contributed by atoms with Crippen molar-refractivity contribution in [3.63, 3.8) is 0 Å². The summed E-state index contributed by atoms with van der Waals surface area (Å²) < 4.78 is 11.2. The second-order valence-corrected chi connectivity index (χ2v) is 4.91. The van der Waals surface area contributed by atoms with Crippen LogP contribution in [0.15, 0.2) is 18.2 Å². The fraction of sp³-hybridized carbons (Fsp3) is 0.562. The Balaban J connectivity index is 2.57. The molecule has 1 aromatic carbocycles. The summed E-state index contributed by atoms with van der Waals surface area (Å²) in [6, 6.07) is 8.08. The van der Waals surface area contributed by atoms with E-state index in [1.807, 2.05) is 32.0 Å². The number of methoxy groups -OCH3 is 1. The molecule has 0 amide bonds. The molecule has 0 aliphatic rings. The Labute approximate surface area is 121 Å². The van der Waals surface area contributed by atoms with Gasteiger partial charge in [-0.15, -0.1) is 0 Å². The molecule has 4 heteroatoms. The van der Waals surface area contributed by atoms with Crippen LogP contribution in [0.3, 0.4) is 0 Å². The summed E-state index contributed by atoms with van der Waals surface area (Å²) in [6.07, 6.45) is 2.69. The van der Waals surface area contributed by atoms with Crippen molar-refractivity contribution in [3.8, 4) is 17.6 Å². The quantitative estimate of drug-likeness (QED) is 0.703. The smallest absolute Gasteiger partial charge is 0.166 e. The van der Waals surface area contributed by atoms with Crippen LogP contribution in [0.2, 0.25) is 0 Å². The Bertz CT molecular complexity index is 439. The Morgan fingerprint density at radius 3 is 2.75 bits per heavy atom. The standard InChI is InChI=1S/C16H24N2O2/c1-13(2)20-16-14(8-7-9-15(16)19-3)12-18-11-6-4-5-10-17/h7-9,13,18H,4-6,11-12H2,1-3H3. The number of hydrogen-bond acceptors (Lipinski definition) is 4. The number of benzene rings is 1. The zero-order valence-corrected chi connectivity index (χ0v) is 12.6. The van der Waals surface area contributed by atoms with E-state index in [1.54, 1.807) is 7.11 Å². The normalized spacial score (nSPS) is 10.3. The first-order chi connectivity index (χ1) is 9.69. The van der Waals surface area contributed by atoms with Gasteiger partial charge in [-0.2, -0.15) is 5.26 Å². The second-order valence-electron chi connectivity index (χ2n) is 4.91. The van der Waals surface area contributed by atoms with Crippen molar-refractivity contribution in [2.45, 2.75) is 45.8 Å². The molecule has 0 aliphatic heterocycles. The minimum Gasteiger partial charge on any atom is -0.493 e.